The fourth-order valence-electron chi connectivity index (χ4n) is 2.72. The first-order valence-corrected chi connectivity index (χ1v) is 9.71. The summed E-state index contributed by atoms with van der Waals surface area (Å²) in [5.41, 5.74) is -5.24. The van der Waals surface area contributed by atoms with Crippen LogP contribution in [0.1, 0.15) is 18.6 Å². The van der Waals surface area contributed by atoms with E-state index in [2.05, 4.69) is 15.6 Å². The Morgan fingerprint density at radius 3 is 2.52 bits per heavy atom. The molecule has 2 N–H and O–H groups in total. The lowest BCUT2D eigenvalue weighted by Gasteiger charge is -2.31. The third-order valence-corrected chi connectivity index (χ3v) is 5.86. The number of nitrogens with one attached hydrogen (secondary N) is 2. The highest BCUT2D eigenvalue weighted by Gasteiger charge is 2.50. The van der Waals surface area contributed by atoms with Crippen LogP contribution in [0.4, 0.5) is 13.2 Å². The molecule has 1 fully saturated rings. The van der Waals surface area contributed by atoms with Gasteiger partial charge in [-0.25, -0.2) is 8.42 Å². The van der Waals surface area contributed by atoms with E-state index >= 15 is 0 Å². The Kier molecular flexibility index (Phi) is 9.34. The normalized spacial score (nSPS) is 17.4. The molecule has 0 spiro atoms. The van der Waals surface area contributed by atoms with Crippen molar-refractivity contribution < 1.29 is 26.0 Å². The first-order valence-electron chi connectivity index (χ1n) is 8.27. The molecule has 1 aliphatic heterocycles. The van der Waals surface area contributed by atoms with Crippen LogP contribution in [0, 0.1) is 5.92 Å². The lowest BCUT2D eigenvalue weighted by atomic mass is 9.98. The highest BCUT2D eigenvalue weighted by Crippen LogP contribution is 2.30. The molecule has 0 atom stereocenters. The highest BCUT2D eigenvalue weighted by molar-refractivity contribution is 14.0. The molecule has 1 aliphatic rings. The van der Waals surface area contributed by atoms with Crippen LogP contribution >= 0.6 is 24.0 Å². The van der Waals surface area contributed by atoms with E-state index in [1.165, 1.54) is 0 Å². The van der Waals surface area contributed by atoms with Crippen LogP contribution in [-0.4, -0.2) is 57.4 Å². The van der Waals surface area contributed by atoms with Crippen LogP contribution in [0.2, 0.25) is 0 Å². The molecule has 12 heteroatoms. The van der Waals surface area contributed by atoms with Gasteiger partial charge in [-0.15, -0.1) is 24.0 Å². The van der Waals surface area contributed by atoms with E-state index < -0.39 is 15.5 Å². The van der Waals surface area contributed by atoms with E-state index in [1.807, 2.05) is 12.1 Å². The SMILES string of the molecule is CN=C(NCCc1ccco1)NCC1CCN(S(=O)(=O)C(F)(F)F)CC1.I. The van der Waals surface area contributed by atoms with Gasteiger partial charge in [-0.1, -0.05) is 0 Å². The lowest BCUT2D eigenvalue weighted by Crippen LogP contribution is -2.47. The van der Waals surface area contributed by atoms with Gasteiger partial charge in [0.05, 0.1) is 6.26 Å². The summed E-state index contributed by atoms with van der Waals surface area (Å²) in [4.78, 5) is 4.09. The van der Waals surface area contributed by atoms with Crippen LogP contribution in [0.15, 0.2) is 27.8 Å². The van der Waals surface area contributed by atoms with Gasteiger partial charge in [-0.3, -0.25) is 4.99 Å². The molecule has 1 aromatic rings. The van der Waals surface area contributed by atoms with Gasteiger partial charge in [0.15, 0.2) is 5.96 Å². The second kappa shape index (κ2) is 10.5. The molecule has 1 saturated heterocycles. The Morgan fingerprint density at radius 2 is 2.00 bits per heavy atom. The molecule has 1 aromatic heterocycles. The van der Waals surface area contributed by atoms with E-state index in [0.717, 1.165) is 5.76 Å². The van der Waals surface area contributed by atoms with E-state index in [9.17, 15) is 21.6 Å². The number of piperidine rings is 1. The van der Waals surface area contributed by atoms with Crippen LogP contribution in [0.3, 0.4) is 0 Å². The van der Waals surface area contributed by atoms with Gasteiger partial charge < -0.3 is 15.1 Å². The molecule has 0 unspecified atom stereocenters. The van der Waals surface area contributed by atoms with E-state index in [4.69, 9.17) is 4.42 Å². The zero-order valence-corrected chi connectivity index (χ0v) is 18.0. The minimum atomic E-state index is -5.24. The Hall–Kier alpha value is -1.02. The molecule has 2 rings (SSSR count). The molecular formula is C15H24F3IN4O3S. The number of furan rings is 1. The fourth-order valence-corrected chi connectivity index (χ4v) is 3.71. The quantitative estimate of drug-likeness (QED) is 0.339. The second-order valence-corrected chi connectivity index (χ2v) is 7.93. The van der Waals surface area contributed by atoms with Crippen LogP contribution in [0.5, 0.6) is 0 Å². The number of sulfonamides is 1. The smallest absolute Gasteiger partial charge is 0.469 e. The minimum Gasteiger partial charge on any atom is -0.469 e. The predicted molar refractivity (Wildman–Crippen MR) is 106 cm³/mol. The van der Waals surface area contributed by atoms with E-state index in [1.54, 1.807) is 13.3 Å². The van der Waals surface area contributed by atoms with Crippen molar-refractivity contribution in [2.45, 2.75) is 24.8 Å². The molecule has 0 amide bonds. The van der Waals surface area contributed by atoms with Crippen molar-refractivity contribution in [3.05, 3.63) is 24.2 Å². The van der Waals surface area contributed by atoms with Gasteiger partial charge in [0.25, 0.3) is 0 Å². The number of rotatable bonds is 6. The van der Waals surface area contributed by atoms with Crippen molar-refractivity contribution in [3.63, 3.8) is 0 Å². The van der Waals surface area contributed by atoms with Crippen molar-refractivity contribution in [2.75, 3.05) is 33.2 Å². The first-order chi connectivity index (χ1) is 12.2. The fraction of sp³-hybridized carbons (Fsp3) is 0.667. The van der Waals surface area contributed by atoms with Gasteiger partial charge in [0, 0.05) is 39.6 Å². The number of aliphatic imine (C=N–C) groups is 1. The Morgan fingerprint density at radius 1 is 1.33 bits per heavy atom. The summed E-state index contributed by atoms with van der Waals surface area (Å²) in [6.07, 6.45) is 3.03. The summed E-state index contributed by atoms with van der Waals surface area (Å²) in [7, 11) is -3.60. The molecule has 156 valence electrons. The molecule has 0 bridgehead atoms. The molecule has 0 aliphatic carbocycles. The van der Waals surface area contributed by atoms with Crippen molar-refractivity contribution in [3.8, 4) is 0 Å². The standard InChI is InChI=1S/C15H23F3N4O3S.HI/c1-19-14(20-7-4-13-3-2-10-25-13)21-11-12-5-8-22(9-6-12)26(23,24)15(16,17)18;/h2-3,10,12H,4-9,11H2,1H3,(H2,19,20,21);1H. The van der Waals surface area contributed by atoms with Gasteiger partial charge >= 0.3 is 15.5 Å². The topological polar surface area (TPSA) is 86.9 Å². The third-order valence-electron chi connectivity index (χ3n) is 4.23. The Labute approximate surface area is 173 Å². The summed E-state index contributed by atoms with van der Waals surface area (Å²) in [5, 5.41) is 6.25. The summed E-state index contributed by atoms with van der Waals surface area (Å²) in [6.45, 7) is 0.882. The van der Waals surface area contributed by atoms with Gasteiger partial charge in [-0.2, -0.15) is 17.5 Å². The van der Waals surface area contributed by atoms with Gasteiger partial charge in [0.1, 0.15) is 5.76 Å². The average molecular weight is 524 g/mol. The maximum Gasteiger partial charge on any atom is 0.511 e. The predicted octanol–water partition coefficient (Wildman–Crippen LogP) is 2.17. The summed E-state index contributed by atoms with van der Waals surface area (Å²) < 4.78 is 66.2. The summed E-state index contributed by atoms with van der Waals surface area (Å²) in [5.74, 6) is 1.52. The lowest BCUT2D eigenvalue weighted by molar-refractivity contribution is -0.0496. The zero-order valence-electron chi connectivity index (χ0n) is 14.8. The average Bonchev–Trinajstić information content (AvgIpc) is 3.10. The van der Waals surface area contributed by atoms with Crippen LogP contribution in [0.25, 0.3) is 0 Å². The number of alkyl halides is 3. The minimum absolute atomic E-state index is 0. The number of guanidine groups is 1. The maximum atomic E-state index is 12.6. The monoisotopic (exact) mass is 524 g/mol. The van der Waals surface area contributed by atoms with E-state index in [-0.39, 0.29) is 43.0 Å². The molecule has 0 radical (unpaired) electrons. The summed E-state index contributed by atoms with van der Waals surface area (Å²) >= 11 is 0. The Bertz CT molecular complexity index is 688. The Balaban J connectivity index is 0.00000364. The third kappa shape index (κ3) is 6.82. The largest absolute Gasteiger partial charge is 0.511 e. The number of halogens is 4. The van der Waals surface area contributed by atoms with Gasteiger partial charge in [0.2, 0.25) is 0 Å². The first kappa shape index (κ1) is 24.0. The van der Waals surface area contributed by atoms with E-state index in [0.29, 0.717) is 42.6 Å². The van der Waals surface area contributed by atoms with Crippen LogP contribution < -0.4 is 10.6 Å². The summed E-state index contributed by atoms with van der Waals surface area (Å²) in [6, 6.07) is 3.69. The molecule has 7 nitrogen and oxygen atoms in total. The van der Waals surface area contributed by atoms with Crippen molar-refractivity contribution in [2.24, 2.45) is 10.9 Å². The highest BCUT2D eigenvalue weighted by atomic mass is 127. The molecule has 0 aromatic carbocycles. The maximum absolute atomic E-state index is 12.6. The molecule has 0 saturated carbocycles. The van der Waals surface area contributed by atoms with Crippen molar-refractivity contribution >= 4 is 40.0 Å². The number of hydrogen-bond acceptors (Lipinski definition) is 4. The number of nitrogens with zero attached hydrogens (tertiary/aromatic N) is 2. The van der Waals surface area contributed by atoms with Crippen molar-refractivity contribution in [1.82, 2.24) is 14.9 Å². The van der Waals surface area contributed by atoms with Crippen molar-refractivity contribution in [1.29, 1.82) is 0 Å². The zero-order chi connectivity index (χ0) is 19.2. The molecular weight excluding hydrogens is 500 g/mol. The molecule has 2 heterocycles. The molecule has 27 heavy (non-hydrogen) atoms. The second-order valence-electron chi connectivity index (χ2n) is 6.00. The van der Waals surface area contributed by atoms with Crippen LogP contribution in [-0.2, 0) is 16.4 Å². The van der Waals surface area contributed by atoms with Gasteiger partial charge in [-0.05, 0) is 30.9 Å². The number of hydrogen-bond donors (Lipinski definition) is 2.